The van der Waals surface area contributed by atoms with E-state index in [0.29, 0.717) is 25.9 Å². The number of carbonyl (C=O) groups is 1. The summed E-state index contributed by atoms with van der Waals surface area (Å²) in [6, 6.07) is 7.63. The van der Waals surface area contributed by atoms with E-state index in [4.69, 9.17) is 0 Å². The molecule has 1 aliphatic rings. The molecule has 1 aliphatic heterocycles. The Morgan fingerprint density at radius 1 is 1.35 bits per heavy atom. The van der Waals surface area contributed by atoms with Crippen molar-refractivity contribution < 1.29 is 13.6 Å². The third kappa shape index (κ3) is 4.00. The van der Waals surface area contributed by atoms with Crippen LogP contribution in [0.4, 0.5) is 14.5 Å². The van der Waals surface area contributed by atoms with Crippen LogP contribution >= 0.6 is 0 Å². The van der Waals surface area contributed by atoms with Crippen molar-refractivity contribution in [3.8, 4) is 0 Å². The Hall–Kier alpha value is -1.49. The normalized spacial score (nSPS) is 17.4. The van der Waals surface area contributed by atoms with Crippen LogP contribution in [-0.2, 0) is 4.79 Å². The molecule has 1 fully saturated rings. The minimum atomic E-state index is -2.30. The fourth-order valence-electron chi connectivity index (χ4n) is 2.52. The number of halogens is 2. The Morgan fingerprint density at radius 2 is 2.00 bits per heavy atom. The standard InChI is InChI=1S/C15H20F2N2O/c1-11-4-2-3-5-13(11)18-15(20)12-6-8-19(9-7-12)10-14(16)17/h2-5,12,14H,6-10H2,1H3,(H,18,20). The first-order valence-electron chi connectivity index (χ1n) is 6.93. The van der Waals surface area contributed by atoms with Crippen molar-refractivity contribution in [2.24, 2.45) is 5.92 Å². The number of nitrogens with one attached hydrogen (secondary N) is 1. The van der Waals surface area contributed by atoms with Crippen molar-refractivity contribution >= 4 is 11.6 Å². The molecule has 0 unspecified atom stereocenters. The highest BCUT2D eigenvalue weighted by atomic mass is 19.3. The molecule has 1 amide bonds. The van der Waals surface area contributed by atoms with Crippen LogP contribution in [0, 0.1) is 12.8 Å². The molecule has 1 aromatic rings. The maximum Gasteiger partial charge on any atom is 0.251 e. The monoisotopic (exact) mass is 282 g/mol. The molecule has 0 aliphatic carbocycles. The van der Waals surface area contributed by atoms with Gasteiger partial charge in [-0.1, -0.05) is 18.2 Å². The van der Waals surface area contributed by atoms with Crippen LogP contribution in [0.25, 0.3) is 0 Å². The van der Waals surface area contributed by atoms with E-state index in [2.05, 4.69) is 5.32 Å². The van der Waals surface area contributed by atoms with Crippen LogP contribution in [0.1, 0.15) is 18.4 Å². The number of para-hydroxylation sites is 1. The molecule has 1 heterocycles. The third-order valence-corrected chi connectivity index (χ3v) is 3.76. The number of aryl methyl sites for hydroxylation is 1. The highest BCUT2D eigenvalue weighted by Crippen LogP contribution is 2.21. The van der Waals surface area contributed by atoms with E-state index in [9.17, 15) is 13.6 Å². The second kappa shape index (κ2) is 6.79. The lowest BCUT2D eigenvalue weighted by Gasteiger charge is -2.30. The minimum Gasteiger partial charge on any atom is -0.326 e. The van der Waals surface area contributed by atoms with E-state index in [1.807, 2.05) is 31.2 Å². The second-order valence-electron chi connectivity index (χ2n) is 5.27. The number of benzene rings is 1. The predicted molar refractivity (Wildman–Crippen MR) is 75.0 cm³/mol. The van der Waals surface area contributed by atoms with Gasteiger partial charge in [0, 0.05) is 11.6 Å². The van der Waals surface area contributed by atoms with Gasteiger partial charge in [0.1, 0.15) is 0 Å². The summed E-state index contributed by atoms with van der Waals surface area (Å²) in [5.41, 5.74) is 1.85. The number of likely N-dealkylation sites (tertiary alicyclic amines) is 1. The highest BCUT2D eigenvalue weighted by Gasteiger charge is 2.26. The largest absolute Gasteiger partial charge is 0.326 e. The number of carbonyl (C=O) groups excluding carboxylic acids is 1. The summed E-state index contributed by atoms with van der Waals surface area (Å²) in [7, 11) is 0. The van der Waals surface area contributed by atoms with Gasteiger partial charge in [-0.05, 0) is 44.5 Å². The molecule has 0 bridgehead atoms. The maximum absolute atomic E-state index is 12.3. The Bertz CT molecular complexity index is 457. The van der Waals surface area contributed by atoms with Gasteiger partial charge in [-0.3, -0.25) is 9.69 Å². The summed E-state index contributed by atoms with van der Waals surface area (Å²) in [5.74, 6) is -0.0838. The summed E-state index contributed by atoms with van der Waals surface area (Å²) in [4.78, 5) is 13.9. The lowest BCUT2D eigenvalue weighted by molar-refractivity contribution is -0.121. The number of hydrogen-bond acceptors (Lipinski definition) is 2. The van der Waals surface area contributed by atoms with E-state index in [0.717, 1.165) is 11.3 Å². The van der Waals surface area contributed by atoms with Crippen LogP contribution in [0.5, 0.6) is 0 Å². The molecule has 110 valence electrons. The number of anilines is 1. The van der Waals surface area contributed by atoms with Gasteiger partial charge in [-0.2, -0.15) is 0 Å². The zero-order chi connectivity index (χ0) is 14.5. The summed E-state index contributed by atoms with van der Waals surface area (Å²) in [6.07, 6.45) is -1.01. The number of nitrogens with zero attached hydrogens (tertiary/aromatic N) is 1. The van der Waals surface area contributed by atoms with Crippen LogP contribution in [0.2, 0.25) is 0 Å². The maximum atomic E-state index is 12.3. The Labute approximate surface area is 118 Å². The minimum absolute atomic E-state index is 0.00371. The molecule has 1 N–H and O–H groups in total. The molecule has 0 radical (unpaired) electrons. The van der Waals surface area contributed by atoms with Gasteiger partial charge in [0.2, 0.25) is 5.91 Å². The smallest absolute Gasteiger partial charge is 0.251 e. The lowest BCUT2D eigenvalue weighted by atomic mass is 9.95. The lowest BCUT2D eigenvalue weighted by Crippen LogP contribution is -2.40. The van der Waals surface area contributed by atoms with Gasteiger partial charge in [-0.25, -0.2) is 8.78 Å². The van der Waals surface area contributed by atoms with Crippen molar-refractivity contribution in [2.45, 2.75) is 26.2 Å². The van der Waals surface area contributed by atoms with E-state index < -0.39 is 6.43 Å². The zero-order valence-electron chi connectivity index (χ0n) is 11.6. The Kier molecular flexibility index (Phi) is 5.06. The number of piperidine rings is 1. The van der Waals surface area contributed by atoms with Crippen molar-refractivity contribution in [1.29, 1.82) is 0 Å². The Morgan fingerprint density at radius 3 is 2.60 bits per heavy atom. The first-order chi connectivity index (χ1) is 9.56. The summed E-state index contributed by atoms with van der Waals surface area (Å²) in [6.45, 7) is 2.89. The molecule has 5 heteroatoms. The fourth-order valence-corrected chi connectivity index (χ4v) is 2.52. The third-order valence-electron chi connectivity index (χ3n) is 3.76. The average Bonchev–Trinajstić information content (AvgIpc) is 2.41. The molecule has 0 saturated carbocycles. The molecular weight excluding hydrogens is 262 g/mol. The van der Waals surface area contributed by atoms with Gasteiger partial charge < -0.3 is 5.32 Å². The summed E-state index contributed by atoms with van der Waals surface area (Å²) < 4.78 is 24.6. The number of alkyl halides is 2. The summed E-state index contributed by atoms with van der Waals surface area (Å²) >= 11 is 0. The molecule has 3 nitrogen and oxygen atoms in total. The molecule has 1 saturated heterocycles. The summed E-state index contributed by atoms with van der Waals surface area (Å²) in [5, 5.41) is 2.93. The quantitative estimate of drug-likeness (QED) is 0.921. The van der Waals surface area contributed by atoms with Gasteiger partial charge in [0.15, 0.2) is 0 Å². The van der Waals surface area contributed by atoms with Crippen LogP contribution in [-0.4, -0.2) is 36.9 Å². The average molecular weight is 282 g/mol. The topological polar surface area (TPSA) is 32.3 Å². The Balaban J connectivity index is 1.85. The van der Waals surface area contributed by atoms with E-state index in [1.54, 1.807) is 4.90 Å². The van der Waals surface area contributed by atoms with Crippen LogP contribution in [0.3, 0.4) is 0 Å². The van der Waals surface area contributed by atoms with Gasteiger partial charge >= 0.3 is 0 Å². The molecule has 0 atom stereocenters. The van der Waals surface area contributed by atoms with Gasteiger partial charge in [-0.15, -0.1) is 0 Å². The first kappa shape index (κ1) is 14.9. The second-order valence-corrected chi connectivity index (χ2v) is 5.27. The molecular formula is C15H20F2N2O. The number of rotatable bonds is 4. The van der Waals surface area contributed by atoms with Crippen LogP contribution in [0.15, 0.2) is 24.3 Å². The van der Waals surface area contributed by atoms with Crippen molar-refractivity contribution in [2.75, 3.05) is 25.0 Å². The number of amides is 1. The molecule has 0 spiro atoms. The van der Waals surface area contributed by atoms with Gasteiger partial charge in [0.25, 0.3) is 6.43 Å². The number of hydrogen-bond donors (Lipinski definition) is 1. The van der Waals surface area contributed by atoms with Crippen molar-refractivity contribution in [3.05, 3.63) is 29.8 Å². The predicted octanol–water partition coefficient (Wildman–Crippen LogP) is 2.91. The van der Waals surface area contributed by atoms with E-state index in [-0.39, 0.29) is 18.4 Å². The highest BCUT2D eigenvalue weighted by molar-refractivity contribution is 5.93. The van der Waals surface area contributed by atoms with Crippen LogP contribution < -0.4 is 5.32 Å². The van der Waals surface area contributed by atoms with Crippen molar-refractivity contribution in [1.82, 2.24) is 4.90 Å². The molecule has 20 heavy (non-hydrogen) atoms. The molecule has 2 rings (SSSR count). The fraction of sp³-hybridized carbons (Fsp3) is 0.533. The van der Waals surface area contributed by atoms with Gasteiger partial charge in [0.05, 0.1) is 6.54 Å². The van der Waals surface area contributed by atoms with Crippen molar-refractivity contribution in [3.63, 3.8) is 0 Å². The van der Waals surface area contributed by atoms with E-state index >= 15 is 0 Å². The first-order valence-corrected chi connectivity index (χ1v) is 6.93. The molecule has 0 aromatic heterocycles. The SMILES string of the molecule is Cc1ccccc1NC(=O)C1CCN(CC(F)F)CC1. The van der Waals surface area contributed by atoms with E-state index in [1.165, 1.54) is 0 Å². The zero-order valence-corrected chi connectivity index (χ0v) is 11.6. The molecule has 1 aromatic carbocycles.